The molecule has 0 bridgehead atoms. The van der Waals surface area contributed by atoms with Crippen LogP contribution in [-0.2, 0) is 26.0 Å². The Morgan fingerprint density at radius 2 is 1.63 bits per heavy atom. The Labute approximate surface area is 203 Å². The Hall–Kier alpha value is -3.89. The number of anilines is 2. The summed E-state index contributed by atoms with van der Waals surface area (Å²) in [5.41, 5.74) is 2.16. The predicted molar refractivity (Wildman–Crippen MR) is 131 cm³/mol. The maximum absolute atomic E-state index is 13.3. The second-order valence-electron chi connectivity index (χ2n) is 7.92. The number of aryl methyl sites for hydroxylation is 1. The Bertz CT molecular complexity index is 1340. The highest BCUT2D eigenvalue weighted by Crippen LogP contribution is 2.29. The number of methoxy groups -OCH3 is 2. The van der Waals surface area contributed by atoms with E-state index < -0.39 is 22.0 Å². The van der Waals surface area contributed by atoms with E-state index in [0.29, 0.717) is 34.9 Å². The van der Waals surface area contributed by atoms with Crippen LogP contribution in [0.25, 0.3) is 0 Å². The minimum Gasteiger partial charge on any atom is -0.497 e. The van der Waals surface area contributed by atoms with E-state index in [9.17, 15) is 18.0 Å². The van der Waals surface area contributed by atoms with Crippen LogP contribution in [0.5, 0.6) is 11.5 Å². The van der Waals surface area contributed by atoms with Gasteiger partial charge >= 0.3 is 0 Å². The first-order chi connectivity index (χ1) is 16.8. The topological polar surface area (TPSA) is 123 Å². The van der Waals surface area contributed by atoms with E-state index in [0.717, 1.165) is 5.56 Å². The van der Waals surface area contributed by atoms with Gasteiger partial charge in [-0.3, -0.25) is 9.59 Å². The van der Waals surface area contributed by atoms with Crippen LogP contribution < -0.4 is 24.8 Å². The summed E-state index contributed by atoms with van der Waals surface area (Å²) in [5.74, 6) is 0.247. The zero-order valence-corrected chi connectivity index (χ0v) is 20.0. The Balaban J connectivity index is 1.64. The first-order valence-corrected chi connectivity index (χ1v) is 12.3. The third kappa shape index (κ3) is 5.61. The normalized spacial score (nSPS) is 13.8. The number of amides is 2. The van der Waals surface area contributed by atoms with E-state index in [1.165, 1.54) is 26.4 Å². The van der Waals surface area contributed by atoms with Crippen LogP contribution in [0.3, 0.4) is 0 Å². The molecule has 1 unspecified atom stereocenters. The van der Waals surface area contributed by atoms with Crippen LogP contribution in [0, 0.1) is 0 Å². The van der Waals surface area contributed by atoms with Gasteiger partial charge in [-0.2, -0.15) is 4.72 Å². The first-order valence-electron chi connectivity index (χ1n) is 10.8. The van der Waals surface area contributed by atoms with E-state index in [1.807, 2.05) is 0 Å². The smallest absolute Gasteiger partial charge is 0.247 e. The number of hydrogen-bond acceptors (Lipinski definition) is 6. The quantitative estimate of drug-likeness (QED) is 0.441. The molecule has 3 aromatic carbocycles. The molecular weight excluding hydrogens is 470 g/mol. The highest BCUT2D eigenvalue weighted by atomic mass is 32.2. The van der Waals surface area contributed by atoms with Crippen molar-refractivity contribution < 1.29 is 27.5 Å². The van der Waals surface area contributed by atoms with Gasteiger partial charge in [0.25, 0.3) is 0 Å². The van der Waals surface area contributed by atoms with E-state index in [4.69, 9.17) is 9.47 Å². The van der Waals surface area contributed by atoms with Gasteiger partial charge in [-0.1, -0.05) is 30.3 Å². The summed E-state index contributed by atoms with van der Waals surface area (Å²) in [6.45, 7) is 0. The van der Waals surface area contributed by atoms with Gasteiger partial charge in [-0.25, -0.2) is 8.42 Å². The zero-order chi connectivity index (χ0) is 25.0. The van der Waals surface area contributed by atoms with Gasteiger partial charge in [-0.05, 0) is 35.7 Å². The summed E-state index contributed by atoms with van der Waals surface area (Å²) in [4.78, 5) is 24.9. The van der Waals surface area contributed by atoms with Crippen molar-refractivity contribution in [2.75, 3.05) is 24.9 Å². The van der Waals surface area contributed by atoms with E-state index in [2.05, 4.69) is 15.4 Å². The van der Waals surface area contributed by atoms with E-state index in [1.54, 1.807) is 54.6 Å². The fourth-order valence-electron chi connectivity index (χ4n) is 3.76. The molecule has 10 heteroatoms. The Morgan fingerprint density at radius 1 is 0.943 bits per heavy atom. The number of fused-ring (bicyclic) bond motifs is 1. The molecule has 0 aromatic heterocycles. The number of hydrogen-bond donors (Lipinski definition) is 3. The molecule has 0 saturated heterocycles. The van der Waals surface area contributed by atoms with Crippen molar-refractivity contribution in [3.63, 3.8) is 0 Å². The molecule has 4 rings (SSSR count). The summed E-state index contributed by atoms with van der Waals surface area (Å²) >= 11 is 0. The number of benzene rings is 3. The van der Waals surface area contributed by atoms with Crippen LogP contribution in [-0.4, -0.2) is 34.5 Å². The van der Waals surface area contributed by atoms with Crippen molar-refractivity contribution in [3.8, 4) is 11.5 Å². The van der Waals surface area contributed by atoms with Gasteiger partial charge in [-0.15, -0.1) is 0 Å². The predicted octanol–water partition coefficient (Wildman–Crippen LogP) is 3.25. The van der Waals surface area contributed by atoms with Crippen LogP contribution in [0.1, 0.15) is 23.6 Å². The molecule has 3 aromatic rings. The molecule has 3 N–H and O–H groups in total. The number of carbonyl (C=O) groups is 2. The standard InChI is InChI=1S/C25H25N3O6S/c1-33-19-13-18(14-20(15-19)34-2)26-25(30)24(16-6-4-3-5-7-16)28-35(31,32)21-9-10-22-17(12-21)8-11-23(29)27-22/h3-7,9-10,12-15,24,28H,8,11H2,1-2H3,(H,26,30)(H,27,29). The largest absolute Gasteiger partial charge is 0.497 e. The minimum atomic E-state index is -4.09. The molecule has 1 aliphatic rings. The maximum atomic E-state index is 13.3. The minimum absolute atomic E-state index is 0.00387. The second kappa shape index (κ2) is 10.2. The summed E-state index contributed by atoms with van der Waals surface area (Å²) in [7, 11) is -1.11. The van der Waals surface area contributed by atoms with Gasteiger partial charge in [0.1, 0.15) is 17.5 Å². The number of ether oxygens (including phenoxy) is 2. The van der Waals surface area contributed by atoms with Crippen molar-refractivity contribution >= 4 is 33.2 Å². The zero-order valence-electron chi connectivity index (χ0n) is 19.2. The monoisotopic (exact) mass is 495 g/mol. The third-order valence-electron chi connectivity index (χ3n) is 5.57. The van der Waals surface area contributed by atoms with Crippen molar-refractivity contribution in [2.45, 2.75) is 23.8 Å². The van der Waals surface area contributed by atoms with Crippen LogP contribution in [0.2, 0.25) is 0 Å². The molecule has 0 spiro atoms. The fourth-order valence-corrected chi connectivity index (χ4v) is 5.00. The lowest BCUT2D eigenvalue weighted by atomic mass is 10.0. The molecule has 1 heterocycles. The molecule has 0 fully saturated rings. The van der Waals surface area contributed by atoms with Crippen molar-refractivity contribution in [1.29, 1.82) is 0 Å². The lowest BCUT2D eigenvalue weighted by Crippen LogP contribution is -2.37. The van der Waals surface area contributed by atoms with Crippen LogP contribution in [0.4, 0.5) is 11.4 Å². The van der Waals surface area contributed by atoms with E-state index in [-0.39, 0.29) is 17.2 Å². The molecule has 0 radical (unpaired) electrons. The third-order valence-corrected chi connectivity index (χ3v) is 6.99. The van der Waals surface area contributed by atoms with Gasteiger partial charge in [0.2, 0.25) is 21.8 Å². The van der Waals surface area contributed by atoms with Crippen LogP contribution >= 0.6 is 0 Å². The Morgan fingerprint density at radius 3 is 2.29 bits per heavy atom. The average molecular weight is 496 g/mol. The van der Waals surface area contributed by atoms with E-state index >= 15 is 0 Å². The first kappa shape index (κ1) is 24.2. The molecule has 182 valence electrons. The van der Waals surface area contributed by atoms with Gasteiger partial charge in [0, 0.05) is 36.0 Å². The summed E-state index contributed by atoms with van der Waals surface area (Å²) in [5, 5.41) is 5.48. The molecule has 1 atom stereocenters. The van der Waals surface area contributed by atoms with Gasteiger partial charge in [0.15, 0.2) is 0 Å². The molecule has 35 heavy (non-hydrogen) atoms. The van der Waals surface area contributed by atoms with Crippen molar-refractivity contribution in [3.05, 3.63) is 77.9 Å². The molecule has 0 aliphatic carbocycles. The molecule has 2 amide bonds. The SMILES string of the molecule is COc1cc(NC(=O)C(NS(=O)(=O)c2ccc3c(c2)CCC(=O)N3)c2ccccc2)cc(OC)c1. The summed E-state index contributed by atoms with van der Waals surface area (Å²) in [6.07, 6.45) is 0.716. The number of rotatable bonds is 8. The molecular formula is C25H25N3O6S. The van der Waals surface area contributed by atoms with Crippen molar-refractivity contribution in [2.24, 2.45) is 0 Å². The summed E-state index contributed by atoms with van der Waals surface area (Å²) in [6, 6.07) is 16.7. The Kier molecular flexibility index (Phi) is 7.04. The van der Waals surface area contributed by atoms with Crippen LogP contribution in [0.15, 0.2) is 71.6 Å². The van der Waals surface area contributed by atoms with Gasteiger partial charge < -0.3 is 20.1 Å². The van der Waals surface area contributed by atoms with Crippen molar-refractivity contribution in [1.82, 2.24) is 4.72 Å². The average Bonchev–Trinajstić information content (AvgIpc) is 2.87. The number of sulfonamides is 1. The lowest BCUT2D eigenvalue weighted by Gasteiger charge is -2.21. The highest BCUT2D eigenvalue weighted by molar-refractivity contribution is 7.89. The maximum Gasteiger partial charge on any atom is 0.247 e. The van der Waals surface area contributed by atoms with Gasteiger partial charge in [0.05, 0.1) is 19.1 Å². The summed E-state index contributed by atoms with van der Waals surface area (Å²) < 4.78 is 39.6. The number of nitrogens with one attached hydrogen (secondary N) is 3. The molecule has 1 aliphatic heterocycles. The molecule has 9 nitrogen and oxygen atoms in total. The fraction of sp³-hybridized carbons (Fsp3) is 0.200. The number of carbonyl (C=O) groups excluding carboxylic acids is 2. The highest BCUT2D eigenvalue weighted by Gasteiger charge is 2.28. The second-order valence-corrected chi connectivity index (χ2v) is 9.64. The molecule has 0 saturated carbocycles. The lowest BCUT2D eigenvalue weighted by molar-refractivity contribution is -0.118.